The van der Waals surface area contributed by atoms with Crippen LogP contribution in [0.3, 0.4) is 0 Å². The first-order valence-electron chi connectivity index (χ1n) is 5.11. The number of hydrogen-bond acceptors (Lipinski definition) is 3. The third-order valence-electron chi connectivity index (χ3n) is 2.51. The Balaban J connectivity index is 1.97. The van der Waals surface area contributed by atoms with Crippen molar-refractivity contribution in [2.45, 2.75) is 19.5 Å². The Labute approximate surface area is 108 Å². The average molecular weight is 300 g/mol. The highest BCUT2D eigenvalue weighted by Crippen LogP contribution is 2.23. The van der Waals surface area contributed by atoms with E-state index in [0.717, 1.165) is 12.4 Å². The van der Waals surface area contributed by atoms with E-state index < -0.39 is 0 Å². The molecule has 0 saturated carbocycles. The van der Waals surface area contributed by atoms with Gasteiger partial charge in [-0.2, -0.15) is 0 Å². The number of imidazole rings is 1. The number of halogens is 1. The number of rotatable bonds is 4. The molecule has 0 aromatic carbocycles. The number of hydrogen-bond donors (Lipinski definition) is 1. The van der Waals surface area contributed by atoms with E-state index in [4.69, 9.17) is 0 Å². The van der Waals surface area contributed by atoms with Gasteiger partial charge < -0.3 is 9.88 Å². The topological polar surface area (TPSA) is 29.9 Å². The summed E-state index contributed by atoms with van der Waals surface area (Å²) in [5, 5.41) is 5.56. The summed E-state index contributed by atoms with van der Waals surface area (Å²) < 4.78 is 3.22. The molecule has 16 heavy (non-hydrogen) atoms. The molecule has 0 radical (unpaired) electrons. The molecule has 2 rings (SSSR count). The first-order chi connectivity index (χ1) is 7.68. The van der Waals surface area contributed by atoms with Gasteiger partial charge in [-0.15, -0.1) is 11.3 Å². The molecule has 5 heteroatoms. The highest BCUT2D eigenvalue weighted by Gasteiger charge is 2.10. The lowest BCUT2D eigenvalue weighted by atomic mass is 10.3. The molecule has 2 aromatic rings. The van der Waals surface area contributed by atoms with E-state index in [9.17, 15) is 0 Å². The van der Waals surface area contributed by atoms with Crippen LogP contribution < -0.4 is 5.32 Å². The summed E-state index contributed by atoms with van der Waals surface area (Å²) in [5.74, 6) is 1.06. The van der Waals surface area contributed by atoms with Gasteiger partial charge in [-0.3, -0.25) is 0 Å². The fourth-order valence-corrected chi connectivity index (χ4v) is 3.03. The van der Waals surface area contributed by atoms with Crippen molar-refractivity contribution in [3.05, 3.63) is 39.0 Å². The fourth-order valence-electron chi connectivity index (χ4n) is 1.58. The molecule has 0 spiro atoms. The molecule has 2 aromatic heterocycles. The molecule has 86 valence electrons. The van der Waals surface area contributed by atoms with Crippen LogP contribution in [0.5, 0.6) is 0 Å². The third kappa shape index (κ3) is 2.53. The summed E-state index contributed by atoms with van der Waals surface area (Å²) in [6, 6.07) is 2.33. The summed E-state index contributed by atoms with van der Waals surface area (Å²) >= 11 is 5.29. The van der Waals surface area contributed by atoms with E-state index in [1.807, 2.05) is 24.0 Å². The Morgan fingerprint density at radius 2 is 2.44 bits per heavy atom. The second kappa shape index (κ2) is 5.12. The number of nitrogens with zero attached hydrogens (tertiary/aromatic N) is 2. The van der Waals surface area contributed by atoms with Crippen molar-refractivity contribution < 1.29 is 0 Å². The zero-order valence-electron chi connectivity index (χ0n) is 9.27. The maximum atomic E-state index is 4.33. The van der Waals surface area contributed by atoms with E-state index in [1.165, 1.54) is 9.35 Å². The summed E-state index contributed by atoms with van der Waals surface area (Å²) in [5.41, 5.74) is 0. The highest BCUT2D eigenvalue weighted by atomic mass is 79.9. The molecule has 1 atom stereocenters. The van der Waals surface area contributed by atoms with Crippen LogP contribution in [0.2, 0.25) is 0 Å². The van der Waals surface area contributed by atoms with Gasteiger partial charge in [-0.25, -0.2) is 4.98 Å². The van der Waals surface area contributed by atoms with Crippen LogP contribution in [0.25, 0.3) is 0 Å². The summed E-state index contributed by atoms with van der Waals surface area (Å²) in [6.45, 7) is 3.00. The number of nitrogens with one attached hydrogen (secondary N) is 1. The van der Waals surface area contributed by atoms with Gasteiger partial charge in [0.15, 0.2) is 0 Å². The molecular weight excluding hydrogens is 286 g/mol. The molecule has 0 aliphatic heterocycles. The van der Waals surface area contributed by atoms with Gasteiger partial charge in [0.25, 0.3) is 0 Å². The van der Waals surface area contributed by atoms with Crippen molar-refractivity contribution in [1.29, 1.82) is 0 Å². The summed E-state index contributed by atoms with van der Waals surface area (Å²) in [4.78, 5) is 5.65. The predicted molar refractivity (Wildman–Crippen MR) is 70.5 cm³/mol. The van der Waals surface area contributed by atoms with Crippen LogP contribution in [0, 0.1) is 0 Å². The zero-order chi connectivity index (χ0) is 11.5. The van der Waals surface area contributed by atoms with E-state index in [0.29, 0.717) is 0 Å². The molecule has 1 unspecified atom stereocenters. The molecule has 0 fully saturated rings. The summed E-state index contributed by atoms with van der Waals surface area (Å²) in [6.07, 6.45) is 3.79. The second-order valence-corrected chi connectivity index (χ2v) is 5.55. The molecular formula is C11H14BrN3S. The van der Waals surface area contributed by atoms with Gasteiger partial charge in [-0.05, 0) is 34.3 Å². The van der Waals surface area contributed by atoms with Crippen molar-refractivity contribution in [2.24, 2.45) is 7.05 Å². The smallest absolute Gasteiger partial charge is 0.125 e. The Morgan fingerprint density at radius 3 is 3.00 bits per heavy atom. The van der Waals surface area contributed by atoms with Gasteiger partial charge in [0, 0.05) is 35.3 Å². The SMILES string of the molecule is CC(NCc1sccc1Br)c1nccn1C. The lowest BCUT2D eigenvalue weighted by Gasteiger charge is -2.13. The lowest BCUT2D eigenvalue weighted by Crippen LogP contribution is -2.20. The Hall–Kier alpha value is -0.650. The molecule has 0 saturated heterocycles. The van der Waals surface area contributed by atoms with Crippen LogP contribution >= 0.6 is 27.3 Å². The minimum atomic E-state index is 0.258. The van der Waals surface area contributed by atoms with Crippen LogP contribution in [0.1, 0.15) is 23.7 Å². The normalized spacial score (nSPS) is 12.9. The quantitative estimate of drug-likeness (QED) is 0.940. The summed E-state index contributed by atoms with van der Waals surface area (Å²) in [7, 11) is 2.02. The van der Waals surface area contributed by atoms with Crippen molar-refractivity contribution in [3.8, 4) is 0 Å². The molecule has 3 nitrogen and oxygen atoms in total. The van der Waals surface area contributed by atoms with E-state index in [1.54, 1.807) is 11.3 Å². The van der Waals surface area contributed by atoms with Gasteiger partial charge in [0.05, 0.1) is 6.04 Å². The minimum Gasteiger partial charge on any atom is -0.337 e. The van der Waals surface area contributed by atoms with Crippen molar-refractivity contribution >= 4 is 27.3 Å². The van der Waals surface area contributed by atoms with Crippen molar-refractivity contribution in [2.75, 3.05) is 0 Å². The Bertz CT molecular complexity index is 463. The molecule has 0 aliphatic rings. The third-order valence-corrected chi connectivity index (χ3v) is 4.43. The van der Waals surface area contributed by atoms with Crippen LogP contribution in [-0.4, -0.2) is 9.55 Å². The maximum Gasteiger partial charge on any atom is 0.125 e. The van der Waals surface area contributed by atoms with E-state index >= 15 is 0 Å². The van der Waals surface area contributed by atoms with Gasteiger partial charge in [0.1, 0.15) is 5.82 Å². The monoisotopic (exact) mass is 299 g/mol. The number of thiophene rings is 1. The number of aryl methyl sites for hydroxylation is 1. The van der Waals surface area contributed by atoms with Gasteiger partial charge in [-0.1, -0.05) is 0 Å². The van der Waals surface area contributed by atoms with Crippen molar-refractivity contribution in [3.63, 3.8) is 0 Å². The fraction of sp³-hybridized carbons (Fsp3) is 0.364. The molecule has 2 heterocycles. The molecule has 0 amide bonds. The zero-order valence-corrected chi connectivity index (χ0v) is 11.7. The Kier molecular flexibility index (Phi) is 3.78. The highest BCUT2D eigenvalue weighted by molar-refractivity contribution is 9.10. The van der Waals surface area contributed by atoms with Crippen LogP contribution in [0.4, 0.5) is 0 Å². The molecule has 1 N–H and O–H groups in total. The first kappa shape index (κ1) is 11.8. The second-order valence-electron chi connectivity index (χ2n) is 3.69. The van der Waals surface area contributed by atoms with E-state index in [-0.39, 0.29) is 6.04 Å². The minimum absolute atomic E-state index is 0.258. The maximum absolute atomic E-state index is 4.33. The van der Waals surface area contributed by atoms with Gasteiger partial charge in [0.2, 0.25) is 0 Å². The van der Waals surface area contributed by atoms with Crippen LogP contribution in [0.15, 0.2) is 28.3 Å². The molecule has 0 aliphatic carbocycles. The van der Waals surface area contributed by atoms with E-state index in [2.05, 4.69) is 44.6 Å². The largest absolute Gasteiger partial charge is 0.337 e. The lowest BCUT2D eigenvalue weighted by molar-refractivity contribution is 0.532. The van der Waals surface area contributed by atoms with Gasteiger partial charge >= 0.3 is 0 Å². The standard InChI is InChI=1S/C11H14BrN3S/c1-8(11-13-4-5-15(11)2)14-7-10-9(12)3-6-16-10/h3-6,8,14H,7H2,1-2H3. The number of aromatic nitrogens is 2. The van der Waals surface area contributed by atoms with Crippen LogP contribution in [-0.2, 0) is 13.6 Å². The average Bonchev–Trinajstić information content (AvgIpc) is 2.84. The Morgan fingerprint density at radius 1 is 1.62 bits per heavy atom. The molecule has 0 bridgehead atoms. The predicted octanol–water partition coefficient (Wildman–Crippen LogP) is 3.09. The van der Waals surface area contributed by atoms with Crippen molar-refractivity contribution in [1.82, 2.24) is 14.9 Å². The first-order valence-corrected chi connectivity index (χ1v) is 6.78.